The molecule has 0 heterocycles. The molecule has 0 saturated heterocycles. The van der Waals surface area contributed by atoms with Gasteiger partial charge in [0.15, 0.2) is 0 Å². The summed E-state index contributed by atoms with van der Waals surface area (Å²) < 4.78 is 50.2. The van der Waals surface area contributed by atoms with Gasteiger partial charge in [-0.25, -0.2) is 8.42 Å². The Kier molecular flexibility index (Phi) is 16.3. The van der Waals surface area contributed by atoms with E-state index in [0.29, 0.717) is 35.2 Å². The van der Waals surface area contributed by atoms with Gasteiger partial charge in [0.05, 0.1) is 4.90 Å². The van der Waals surface area contributed by atoms with Gasteiger partial charge in [-0.05, 0) is 184 Å². The second kappa shape index (κ2) is 21.3. The molecule has 5 nitrogen and oxygen atoms in total. The van der Waals surface area contributed by atoms with E-state index in [0.717, 1.165) is 66.0 Å². The number of sulfone groups is 1. The maximum atomic E-state index is 14.4. The summed E-state index contributed by atoms with van der Waals surface area (Å²) in [4.78, 5) is 0.263. The number of para-hydroxylation sites is 1. The first-order valence-corrected chi connectivity index (χ1v) is 26.6. The van der Waals surface area contributed by atoms with Crippen molar-refractivity contribution in [3.8, 4) is 17.2 Å². The first-order valence-electron chi connectivity index (χ1n) is 24.1. The highest BCUT2D eigenvalue weighted by Gasteiger charge is 2.31. The number of rotatable bonds is 20. The molecule has 0 spiro atoms. The normalized spacial score (nSPS) is 15.3. The molecule has 0 radical (unpaired) electrons. The minimum atomic E-state index is -3.98. The molecular formula is C57H73O5PS. The standard InChI is InChI=1S/C57H73O5PS/c1-14-37(8)43-28-45-32-50(41(12)18-5)55(34-52(45)48(30-43)39(10)16-3)61-63(60-54-22-20-21-23-57(54)64(58,59)47-26-24-36(7)25-27-47)62-56-35-53-46(33-51(56)42(13)19-6)29-44(38(9)15-2)31-49(53)40(11)17-4/h20-35,37-42H,14-19H2,1-13H3. The zero-order chi connectivity index (χ0) is 46.5. The average Bonchev–Trinajstić information content (AvgIpc) is 3.31. The van der Waals surface area contributed by atoms with Crippen LogP contribution in [0.1, 0.15) is 196 Å². The predicted octanol–water partition coefficient (Wildman–Crippen LogP) is 18.0. The van der Waals surface area contributed by atoms with Gasteiger partial charge in [0.25, 0.3) is 0 Å². The van der Waals surface area contributed by atoms with Gasteiger partial charge >= 0.3 is 8.60 Å². The molecule has 0 fully saturated rings. The Morgan fingerprint density at radius 3 is 1.27 bits per heavy atom. The van der Waals surface area contributed by atoms with Crippen molar-refractivity contribution in [2.45, 2.75) is 174 Å². The van der Waals surface area contributed by atoms with Crippen LogP contribution in [0.25, 0.3) is 21.5 Å². The molecule has 6 rings (SSSR count). The molecule has 7 heteroatoms. The number of hydrogen-bond donors (Lipinski definition) is 0. The Morgan fingerprint density at radius 2 is 0.844 bits per heavy atom. The van der Waals surface area contributed by atoms with Crippen LogP contribution in [0.15, 0.2) is 107 Å². The van der Waals surface area contributed by atoms with Gasteiger partial charge in [0.1, 0.15) is 22.1 Å². The molecular weight excluding hydrogens is 828 g/mol. The zero-order valence-electron chi connectivity index (χ0n) is 40.8. The summed E-state index contributed by atoms with van der Waals surface area (Å²) in [6.07, 6.45) is 5.95. The average molecular weight is 901 g/mol. The van der Waals surface area contributed by atoms with Crippen molar-refractivity contribution in [1.82, 2.24) is 0 Å². The largest absolute Gasteiger partial charge is 0.530 e. The van der Waals surface area contributed by atoms with E-state index >= 15 is 0 Å². The lowest BCUT2D eigenvalue weighted by molar-refractivity contribution is 0.379. The maximum absolute atomic E-state index is 14.4. The summed E-state index contributed by atoms with van der Waals surface area (Å²) in [5.74, 6) is 3.43. The van der Waals surface area contributed by atoms with Gasteiger partial charge in [0.2, 0.25) is 9.84 Å². The minimum Gasteiger partial charge on any atom is -0.408 e. The minimum absolute atomic E-state index is 0.0631. The fraction of sp³-hybridized carbons (Fsp3) is 0.439. The molecule has 0 aromatic heterocycles. The van der Waals surface area contributed by atoms with Crippen molar-refractivity contribution in [3.63, 3.8) is 0 Å². The summed E-state index contributed by atoms with van der Waals surface area (Å²) in [6, 6.07) is 32.4. The van der Waals surface area contributed by atoms with Crippen molar-refractivity contribution in [1.29, 1.82) is 0 Å². The van der Waals surface area contributed by atoms with Crippen molar-refractivity contribution in [3.05, 3.63) is 136 Å². The van der Waals surface area contributed by atoms with Crippen LogP contribution >= 0.6 is 8.60 Å². The number of aryl methyl sites for hydroxylation is 1. The molecule has 6 unspecified atom stereocenters. The van der Waals surface area contributed by atoms with E-state index in [1.807, 2.05) is 19.1 Å². The van der Waals surface area contributed by atoms with Gasteiger partial charge < -0.3 is 13.6 Å². The van der Waals surface area contributed by atoms with Crippen LogP contribution in [0.2, 0.25) is 0 Å². The second-order valence-corrected chi connectivity index (χ2v) is 21.5. The van der Waals surface area contributed by atoms with E-state index in [9.17, 15) is 8.42 Å². The Balaban J connectivity index is 1.60. The third-order valence-electron chi connectivity index (χ3n) is 14.2. The van der Waals surface area contributed by atoms with Crippen LogP contribution in [-0.4, -0.2) is 8.42 Å². The fourth-order valence-electron chi connectivity index (χ4n) is 8.48. The quantitative estimate of drug-likeness (QED) is 0.0714. The van der Waals surface area contributed by atoms with Crippen molar-refractivity contribution < 1.29 is 22.0 Å². The van der Waals surface area contributed by atoms with Gasteiger partial charge in [-0.15, -0.1) is 0 Å². The number of fused-ring (bicyclic) bond motifs is 2. The summed E-state index contributed by atoms with van der Waals surface area (Å²) >= 11 is 0. The Morgan fingerprint density at radius 1 is 0.453 bits per heavy atom. The van der Waals surface area contributed by atoms with E-state index in [4.69, 9.17) is 13.6 Å². The van der Waals surface area contributed by atoms with Crippen molar-refractivity contribution >= 4 is 40.0 Å². The van der Waals surface area contributed by atoms with Crippen molar-refractivity contribution in [2.24, 2.45) is 0 Å². The molecule has 0 aliphatic heterocycles. The molecule has 0 saturated carbocycles. The Labute approximate surface area is 387 Å². The van der Waals surface area contributed by atoms with E-state index in [-0.39, 0.29) is 27.4 Å². The molecule has 0 amide bonds. The summed E-state index contributed by atoms with van der Waals surface area (Å²) in [7, 11) is -6.26. The highest BCUT2D eigenvalue weighted by atomic mass is 32.2. The molecule has 0 bridgehead atoms. The summed E-state index contributed by atoms with van der Waals surface area (Å²) in [5, 5.41) is 4.72. The lowest BCUT2D eigenvalue weighted by atomic mass is 9.85. The van der Waals surface area contributed by atoms with Crippen LogP contribution in [0, 0.1) is 6.92 Å². The monoisotopic (exact) mass is 900 g/mol. The Hall–Kier alpha value is -4.38. The molecule has 0 aliphatic carbocycles. The zero-order valence-corrected chi connectivity index (χ0v) is 42.6. The van der Waals surface area contributed by atoms with Gasteiger partial charge in [-0.1, -0.05) is 137 Å². The lowest BCUT2D eigenvalue weighted by Crippen LogP contribution is -2.10. The van der Waals surface area contributed by atoms with Crippen LogP contribution < -0.4 is 13.6 Å². The van der Waals surface area contributed by atoms with Crippen LogP contribution in [-0.2, 0) is 9.84 Å². The Bertz CT molecular complexity index is 2530. The van der Waals surface area contributed by atoms with Crippen LogP contribution in [0.5, 0.6) is 17.2 Å². The van der Waals surface area contributed by atoms with E-state index in [1.54, 1.807) is 36.4 Å². The fourth-order valence-corrected chi connectivity index (χ4v) is 11.0. The third kappa shape index (κ3) is 10.5. The first-order chi connectivity index (χ1) is 30.6. The van der Waals surface area contributed by atoms with Crippen LogP contribution in [0.4, 0.5) is 0 Å². The maximum Gasteiger partial charge on any atom is 0.530 e. The second-order valence-electron chi connectivity index (χ2n) is 18.6. The topological polar surface area (TPSA) is 61.8 Å². The van der Waals surface area contributed by atoms with Crippen molar-refractivity contribution in [2.75, 3.05) is 0 Å². The molecule has 0 N–H and O–H groups in total. The van der Waals surface area contributed by atoms with E-state index in [1.165, 1.54) is 33.0 Å². The SMILES string of the molecule is CCC(C)c1cc(C(C)CC)c2cc(OP(Oc3cc4c(C(C)CC)cc(C(C)CC)cc4cc3C(C)CC)Oc3ccccc3S(=O)(=O)c3ccc(C)cc3)c(C(C)CC)cc2c1. The van der Waals surface area contributed by atoms with Gasteiger partial charge in [0, 0.05) is 0 Å². The highest BCUT2D eigenvalue weighted by molar-refractivity contribution is 7.91. The predicted molar refractivity (Wildman–Crippen MR) is 272 cm³/mol. The smallest absolute Gasteiger partial charge is 0.408 e. The molecule has 6 aromatic carbocycles. The first kappa shape index (κ1) is 49.1. The molecule has 6 aromatic rings. The third-order valence-corrected chi connectivity index (χ3v) is 17.0. The molecule has 6 atom stereocenters. The molecule has 64 heavy (non-hydrogen) atoms. The van der Waals surface area contributed by atoms with E-state index < -0.39 is 18.4 Å². The number of benzene rings is 6. The van der Waals surface area contributed by atoms with E-state index in [2.05, 4.69) is 132 Å². The summed E-state index contributed by atoms with van der Waals surface area (Å²) in [5.41, 5.74) is 8.45. The molecule has 0 aliphatic rings. The molecule has 342 valence electrons. The summed E-state index contributed by atoms with van der Waals surface area (Å²) in [6.45, 7) is 29.1. The highest BCUT2D eigenvalue weighted by Crippen LogP contribution is 2.51. The van der Waals surface area contributed by atoms with Gasteiger partial charge in [-0.2, -0.15) is 0 Å². The number of hydrogen-bond acceptors (Lipinski definition) is 5. The van der Waals surface area contributed by atoms with Gasteiger partial charge in [-0.3, -0.25) is 0 Å². The van der Waals surface area contributed by atoms with Crippen LogP contribution in [0.3, 0.4) is 0 Å². The lowest BCUT2D eigenvalue weighted by Gasteiger charge is -2.26.